The van der Waals surface area contributed by atoms with E-state index in [4.69, 9.17) is 24.2 Å². The fraction of sp³-hybridized carbons (Fsp3) is 0.889. The number of hydrogen-bond donors (Lipinski definition) is 0. The minimum absolute atomic E-state index is 0.306. The molecule has 2 heterocycles. The minimum atomic E-state index is -0.662. The van der Waals surface area contributed by atoms with E-state index >= 15 is 0 Å². The van der Waals surface area contributed by atoms with Crippen molar-refractivity contribution >= 4 is 0 Å². The van der Waals surface area contributed by atoms with E-state index in [1.807, 2.05) is 19.9 Å². The van der Waals surface area contributed by atoms with Gasteiger partial charge in [0.15, 0.2) is 18.2 Å². The molecule has 2 saturated heterocycles. The van der Waals surface area contributed by atoms with E-state index in [1.54, 1.807) is 0 Å². The van der Waals surface area contributed by atoms with E-state index < -0.39 is 18.2 Å². The van der Waals surface area contributed by atoms with Gasteiger partial charge in [-0.1, -0.05) is 0 Å². The second-order valence-corrected chi connectivity index (χ2v) is 3.85. The van der Waals surface area contributed by atoms with Crippen molar-refractivity contribution in [2.45, 2.75) is 44.2 Å². The van der Waals surface area contributed by atoms with E-state index in [0.717, 1.165) is 0 Å². The van der Waals surface area contributed by atoms with Gasteiger partial charge >= 0.3 is 0 Å². The molecule has 0 spiro atoms. The summed E-state index contributed by atoms with van der Waals surface area (Å²) in [5, 5.41) is 8.83. The second kappa shape index (κ2) is 3.17. The SMILES string of the molecule is CO[C@@H]1O[C@@H](C#N)[C@@H]2OC(C)(C)O[C@@H]12. The number of fused-ring (bicyclic) bond motifs is 1. The summed E-state index contributed by atoms with van der Waals surface area (Å²) in [5.41, 5.74) is 0. The first-order valence-corrected chi connectivity index (χ1v) is 4.51. The van der Waals surface area contributed by atoms with Crippen LogP contribution in [0.1, 0.15) is 13.8 Å². The summed E-state index contributed by atoms with van der Waals surface area (Å²) in [7, 11) is 1.52. The van der Waals surface area contributed by atoms with Crippen LogP contribution in [0.3, 0.4) is 0 Å². The van der Waals surface area contributed by atoms with Gasteiger partial charge in [-0.25, -0.2) is 0 Å². The van der Waals surface area contributed by atoms with Gasteiger partial charge in [-0.2, -0.15) is 5.26 Å². The highest BCUT2D eigenvalue weighted by Crippen LogP contribution is 2.38. The molecule has 0 aliphatic carbocycles. The predicted molar refractivity (Wildman–Crippen MR) is 45.1 cm³/mol. The quantitative estimate of drug-likeness (QED) is 0.611. The van der Waals surface area contributed by atoms with Gasteiger partial charge in [-0.3, -0.25) is 0 Å². The topological polar surface area (TPSA) is 60.7 Å². The third-order valence-corrected chi connectivity index (χ3v) is 2.37. The van der Waals surface area contributed by atoms with Crippen molar-refractivity contribution in [1.29, 1.82) is 5.26 Å². The lowest BCUT2D eigenvalue weighted by atomic mass is 10.1. The van der Waals surface area contributed by atoms with Crippen LogP contribution in [-0.2, 0) is 18.9 Å². The van der Waals surface area contributed by atoms with Gasteiger partial charge in [-0.05, 0) is 13.8 Å². The van der Waals surface area contributed by atoms with Crippen molar-refractivity contribution in [3.63, 3.8) is 0 Å². The Bertz CT molecular complexity index is 272. The Labute approximate surface area is 82.5 Å². The first kappa shape index (κ1) is 9.87. The molecule has 2 aliphatic heterocycles. The van der Waals surface area contributed by atoms with Gasteiger partial charge in [0.1, 0.15) is 12.2 Å². The summed E-state index contributed by atoms with van der Waals surface area (Å²) < 4.78 is 21.5. The van der Waals surface area contributed by atoms with Crippen molar-refractivity contribution in [3.8, 4) is 6.07 Å². The number of methoxy groups -OCH3 is 1. The maximum atomic E-state index is 8.83. The summed E-state index contributed by atoms with van der Waals surface area (Å²) in [6.45, 7) is 3.62. The van der Waals surface area contributed by atoms with Crippen LogP contribution in [0.15, 0.2) is 0 Å². The molecule has 2 aliphatic rings. The summed E-state index contributed by atoms with van der Waals surface area (Å²) in [5.74, 6) is -0.662. The highest BCUT2D eigenvalue weighted by Gasteiger charge is 2.55. The van der Waals surface area contributed by atoms with Crippen LogP contribution >= 0.6 is 0 Å². The predicted octanol–water partition coefficient (Wildman–Crippen LogP) is 0.401. The Hall–Kier alpha value is -0.670. The Kier molecular flexibility index (Phi) is 2.24. The summed E-state index contributed by atoms with van der Waals surface area (Å²) in [4.78, 5) is 0. The van der Waals surface area contributed by atoms with Gasteiger partial charge in [0.25, 0.3) is 0 Å². The largest absolute Gasteiger partial charge is 0.353 e. The Morgan fingerprint density at radius 2 is 1.93 bits per heavy atom. The monoisotopic (exact) mass is 199 g/mol. The molecular weight excluding hydrogens is 186 g/mol. The van der Waals surface area contributed by atoms with E-state index in [0.29, 0.717) is 0 Å². The zero-order valence-electron chi connectivity index (χ0n) is 8.39. The fourth-order valence-corrected chi connectivity index (χ4v) is 1.85. The molecule has 0 bridgehead atoms. The first-order chi connectivity index (χ1) is 6.57. The third-order valence-electron chi connectivity index (χ3n) is 2.37. The van der Waals surface area contributed by atoms with Crippen LogP contribution in [0.4, 0.5) is 0 Å². The van der Waals surface area contributed by atoms with Crippen molar-refractivity contribution in [3.05, 3.63) is 0 Å². The standard InChI is InChI=1S/C9H13NO4/c1-9(2)13-6-5(4-10)12-8(11-3)7(6)14-9/h5-8H,1-3H3/t5-,6-,7+,8+/m0/s1. The average Bonchev–Trinajstić information content (AvgIpc) is 2.57. The lowest BCUT2D eigenvalue weighted by molar-refractivity contribution is -0.220. The van der Waals surface area contributed by atoms with Crippen molar-refractivity contribution in [2.75, 3.05) is 7.11 Å². The molecule has 5 nitrogen and oxygen atoms in total. The number of nitrogens with zero attached hydrogens (tertiary/aromatic N) is 1. The van der Waals surface area contributed by atoms with Crippen LogP contribution in [0, 0.1) is 11.3 Å². The van der Waals surface area contributed by atoms with Crippen molar-refractivity contribution in [1.82, 2.24) is 0 Å². The molecule has 5 heteroatoms. The van der Waals surface area contributed by atoms with E-state index in [9.17, 15) is 0 Å². The highest BCUT2D eigenvalue weighted by molar-refractivity contribution is 5.04. The van der Waals surface area contributed by atoms with Crippen LogP contribution < -0.4 is 0 Å². The molecule has 0 unspecified atom stereocenters. The Morgan fingerprint density at radius 1 is 1.29 bits per heavy atom. The molecular formula is C9H13NO4. The number of ether oxygens (including phenoxy) is 4. The lowest BCUT2D eigenvalue weighted by Gasteiger charge is -2.21. The zero-order valence-corrected chi connectivity index (χ0v) is 8.39. The summed E-state index contributed by atoms with van der Waals surface area (Å²) in [6.07, 6.45) is -1.77. The normalized spacial score (nSPS) is 44.7. The molecule has 0 aromatic rings. The lowest BCUT2D eigenvalue weighted by Crippen LogP contribution is -2.30. The maximum Gasteiger partial charge on any atom is 0.188 e. The molecule has 2 rings (SSSR count). The van der Waals surface area contributed by atoms with E-state index in [-0.39, 0.29) is 12.2 Å². The Morgan fingerprint density at radius 3 is 2.50 bits per heavy atom. The molecule has 2 fully saturated rings. The molecule has 0 amide bonds. The molecule has 0 N–H and O–H groups in total. The van der Waals surface area contributed by atoms with Gasteiger partial charge in [0, 0.05) is 7.11 Å². The van der Waals surface area contributed by atoms with Gasteiger partial charge in [-0.15, -0.1) is 0 Å². The number of hydrogen-bond acceptors (Lipinski definition) is 5. The molecule has 0 aromatic heterocycles. The zero-order chi connectivity index (χ0) is 10.3. The van der Waals surface area contributed by atoms with Gasteiger partial charge < -0.3 is 18.9 Å². The van der Waals surface area contributed by atoms with Crippen molar-refractivity contribution < 1.29 is 18.9 Å². The third kappa shape index (κ3) is 1.41. The molecule has 4 atom stereocenters. The van der Waals surface area contributed by atoms with Crippen molar-refractivity contribution in [2.24, 2.45) is 0 Å². The van der Waals surface area contributed by atoms with Crippen LogP contribution in [0.2, 0.25) is 0 Å². The molecule has 0 aromatic carbocycles. The molecule has 0 saturated carbocycles. The second-order valence-electron chi connectivity index (χ2n) is 3.85. The van der Waals surface area contributed by atoms with Gasteiger partial charge in [0.05, 0.1) is 6.07 Å². The smallest absolute Gasteiger partial charge is 0.188 e. The van der Waals surface area contributed by atoms with Gasteiger partial charge in [0.2, 0.25) is 0 Å². The summed E-state index contributed by atoms with van der Waals surface area (Å²) in [6, 6.07) is 2.03. The average molecular weight is 199 g/mol. The molecule has 14 heavy (non-hydrogen) atoms. The van der Waals surface area contributed by atoms with Crippen LogP contribution in [0.25, 0.3) is 0 Å². The highest BCUT2D eigenvalue weighted by atomic mass is 16.8. The Balaban J connectivity index is 2.17. The van der Waals surface area contributed by atoms with E-state index in [2.05, 4.69) is 0 Å². The summed E-state index contributed by atoms with van der Waals surface area (Å²) >= 11 is 0. The maximum absolute atomic E-state index is 8.83. The number of rotatable bonds is 1. The van der Waals surface area contributed by atoms with E-state index in [1.165, 1.54) is 7.11 Å². The molecule has 0 radical (unpaired) electrons. The molecule has 78 valence electrons. The van der Waals surface area contributed by atoms with Crippen LogP contribution in [-0.4, -0.2) is 37.5 Å². The first-order valence-electron chi connectivity index (χ1n) is 4.51. The minimum Gasteiger partial charge on any atom is -0.353 e. The fourth-order valence-electron chi connectivity index (χ4n) is 1.85. The number of nitriles is 1. The van der Waals surface area contributed by atoms with Crippen LogP contribution in [0.5, 0.6) is 0 Å².